The molecule has 0 saturated heterocycles. The molecule has 0 bridgehead atoms. The normalized spacial score (nSPS) is 11.1. The summed E-state index contributed by atoms with van der Waals surface area (Å²) < 4.78 is 2.24. The second kappa shape index (κ2) is 5.79. The van der Waals surface area contributed by atoms with E-state index >= 15 is 0 Å². The molecule has 3 aromatic rings. The molecule has 0 aliphatic carbocycles. The van der Waals surface area contributed by atoms with Crippen LogP contribution < -0.4 is 5.32 Å². The van der Waals surface area contributed by atoms with E-state index in [4.69, 9.17) is 0 Å². The monoisotopic (exact) mass is 267 g/mol. The lowest BCUT2D eigenvalue weighted by Crippen LogP contribution is -2.17. The van der Waals surface area contributed by atoms with Crippen LogP contribution in [-0.2, 0) is 19.6 Å². The Morgan fingerprint density at radius 2 is 2.05 bits per heavy atom. The molecule has 5 nitrogen and oxygen atoms in total. The van der Waals surface area contributed by atoms with Gasteiger partial charge in [0.1, 0.15) is 12.2 Å². The Bertz CT molecular complexity index is 690. The highest BCUT2D eigenvalue weighted by Gasteiger charge is 2.08. The maximum Gasteiger partial charge on any atom is 0.123 e. The molecular weight excluding hydrogens is 250 g/mol. The Morgan fingerprint density at radius 1 is 1.15 bits per heavy atom. The van der Waals surface area contributed by atoms with Crippen molar-refractivity contribution >= 4 is 11.0 Å². The smallest absolute Gasteiger partial charge is 0.123 e. The van der Waals surface area contributed by atoms with E-state index in [-0.39, 0.29) is 0 Å². The molecule has 0 saturated carbocycles. The first-order chi connectivity index (χ1) is 9.88. The Balaban J connectivity index is 1.74. The lowest BCUT2D eigenvalue weighted by molar-refractivity contribution is 0.613. The highest BCUT2D eigenvalue weighted by molar-refractivity contribution is 5.75. The largest absolute Gasteiger partial charge is 0.327 e. The van der Waals surface area contributed by atoms with Crippen molar-refractivity contribution < 1.29 is 0 Å². The molecule has 20 heavy (non-hydrogen) atoms. The van der Waals surface area contributed by atoms with Crippen molar-refractivity contribution in [2.45, 2.75) is 26.6 Å². The number of nitrogens with zero attached hydrogens (tertiary/aromatic N) is 4. The molecule has 0 unspecified atom stereocenters. The molecule has 0 atom stereocenters. The van der Waals surface area contributed by atoms with E-state index in [9.17, 15) is 0 Å². The summed E-state index contributed by atoms with van der Waals surface area (Å²) in [7, 11) is 0. The lowest BCUT2D eigenvalue weighted by atomic mass is 10.3. The Kier molecular flexibility index (Phi) is 3.69. The number of hydrogen-bond donors (Lipinski definition) is 1. The quantitative estimate of drug-likeness (QED) is 0.769. The van der Waals surface area contributed by atoms with Crippen LogP contribution in [0.3, 0.4) is 0 Å². The van der Waals surface area contributed by atoms with Crippen LogP contribution in [-0.4, -0.2) is 19.5 Å². The highest BCUT2D eigenvalue weighted by atomic mass is 15.1. The van der Waals surface area contributed by atoms with Crippen LogP contribution in [0.15, 0.2) is 42.9 Å². The molecule has 2 heterocycles. The minimum absolute atomic E-state index is 0.718. The van der Waals surface area contributed by atoms with E-state index in [1.165, 1.54) is 5.52 Å². The van der Waals surface area contributed by atoms with Gasteiger partial charge < -0.3 is 9.88 Å². The molecule has 0 amide bonds. The number of para-hydroxylation sites is 2. The number of imidazole rings is 1. The summed E-state index contributed by atoms with van der Waals surface area (Å²) in [5, 5.41) is 3.38. The first-order valence-corrected chi connectivity index (χ1v) is 6.78. The first kappa shape index (κ1) is 12.7. The number of rotatable bonds is 5. The number of aryl methyl sites for hydroxylation is 1. The summed E-state index contributed by atoms with van der Waals surface area (Å²) in [5.41, 5.74) is 3.22. The van der Waals surface area contributed by atoms with Crippen molar-refractivity contribution in [3.63, 3.8) is 0 Å². The fourth-order valence-corrected chi connectivity index (χ4v) is 2.34. The van der Waals surface area contributed by atoms with E-state index in [1.807, 2.05) is 18.2 Å². The molecule has 0 aliphatic rings. The Hall–Kier alpha value is -2.27. The molecule has 0 radical (unpaired) electrons. The van der Waals surface area contributed by atoms with E-state index in [1.54, 1.807) is 12.5 Å². The average Bonchev–Trinajstić information content (AvgIpc) is 2.86. The predicted octanol–water partition coefficient (Wildman–Crippen LogP) is 2.14. The number of fused-ring (bicyclic) bond motifs is 1. The van der Waals surface area contributed by atoms with Crippen molar-refractivity contribution in [2.75, 3.05) is 0 Å². The van der Waals surface area contributed by atoms with Gasteiger partial charge in [-0.1, -0.05) is 12.1 Å². The van der Waals surface area contributed by atoms with Crippen LogP contribution >= 0.6 is 0 Å². The third-order valence-electron chi connectivity index (χ3n) is 3.28. The lowest BCUT2D eigenvalue weighted by Gasteiger charge is -2.07. The number of hydrogen-bond acceptors (Lipinski definition) is 4. The van der Waals surface area contributed by atoms with Gasteiger partial charge in [-0.2, -0.15) is 0 Å². The van der Waals surface area contributed by atoms with E-state index in [0.29, 0.717) is 0 Å². The van der Waals surface area contributed by atoms with Crippen LogP contribution in [0.4, 0.5) is 0 Å². The summed E-state index contributed by atoms with van der Waals surface area (Å²) in [4.78, 5) is 12.8. The van der Waals surface area contributed by atoms with E-state index < -0.39 is 0 Å². The molecule has 0 spiro atoms. The summed E-state index contributed by atoms with van der Waals surface area (Å²) in [5.74, 6) is 1.06. The van der Waals surface area contributed by atoms with Crippen LogP contribution in [0, 0.1) is 0 Å². The van der Waals surface area contributed by atoms with Crippen molar-refractivity contribution in [3.8, 4) is 0 Å². The van der Waals surface area contributed by atoms with E-state index in [2.05, 4.69) is 43.9 Å². The fraction of sp³-hybridized carbons (Fsp3) is 0.267. The van der Waals surface area contributed by atoms with Crippen molar-refractivity contribution in [1.82, 2.24) is 24.8 Å². The number of nitrogens with one attached hydrogen (secondary N) is 1. The maximum atomic E-state index is 4.68. The maximum absolute atomic E-state index is 4.68. The molecule has 5 heteroatoms. The van der Waals surface area contributed by atoms with Gasteiger partial charge >= 0.3 is 0 Å². The fourth-order valence-electron chi connectivity index (χ4n) is 2.34. The summed E-state index contributed by atoms with van der Waals surface area (Å²) in [6.07, 6.45) is 3.32. The van der Waals surface area contributed by atoms with Crippen molar-refractivity contribution in [3.05, 3.63) is 54.4 Å². The second-order valence-corrected chi connectivity index (χ2v) is 4.57. The molecular formula is C15H17N5. The topological polar surface area (TPSA) is 55.6 Å². The minimum atomic E-state index is 0.718. The van der Waals surface area contributed by atoms with Crippen LogP contribution in [0.2, 0.25) is 0 Å². The van der Waals surface area contributed by atoms with Gasteiger partial charge in [-0.05, 0) is 25.1 Å². The Labute approximate surface area is 117 Å². The van der Waals surface area contributed by atoms with Gasteiger partial charge in [0, 0.05) is 19.3 Å². The zero-order valence-corrected chi connectivity index (χ0v) is 11.5. The summed E-state index contributed by atoms with van der Waals surface area (Å²) in [6.45, 7) is 4.51. The Morgan fingerprint density at radius 3 is 2.85 bits per heavy atom. The number of benzene rings is 1. The van der Waals surface area contributed by atoms with Gasteiger partial charge in [-0.15, -0.1) is 0 Å². The first-order valence-electron chi connectivity index (χ1n) is 6.78. The SMILES string of the molecule is CCn1c(CNCc2ccncn2)nc2ccccc21. The van der Waals surface area contributed by atoms with E-state index in [0.717, 1.165) is 36.7 Å². The van der Waals surface area contributed by atoms with Gasteiger partial charge in [0.2, 0.25) is 0 Å². The highest BCUT2D eigenvalue weighted by Crippen LogP contribution is 2.15. The van der Waals surface area contributed by atoms with Gasteiger partial charge in [-0.25, -0.2) is 15.0 Å². The van der Waals surface area contributed by atoms with Crippen LogP contribution in [0.25, 0.3) is 11.0 Å². The molecule has 0 fully saturated rings. The second-order valence-electron chi connectivity index (χ2n) is 4.57. The average molecular weight is 267 g/mol. The van der Waals surface area contributed by atoms with Crippen LogP contribution in [0.5, 0.6) is 0 Å². The van der Waals surface area contributed by atoms with Crippen molar-refractivity contribution in [1.29, 1.82) is 0 Å². The molecule has 102 valence electrons. The summed E-state index contributed by atoms with van der Waals surface area (Å²) in [6, 6.07) is 10.1. The molecule has 2 aromatic heterocycles. The van der Waals surface area contributed by atoms with Gasteiger partial charge in [0.15, 0.2) is 0 Å². The number of aromatic nitrogens is 4. The third-order valence-corrected chi connectivity index (χ3v) is 3.28. The molecule has 1 N–H and O–H groups in total. The van der Waals surface area contributed by atoms with Crippen LogP contribution in [0.1, 0.15) is 18.4 Å². The van der Waals surface area contributed by atoms with Gasteiger partial charge in [0.25, 0.3) is 0 Å². The molecule has 1 aromatic carbocycles. The molecule has 0 aliphatic heterocycles. The summed E-state index contributed by atoms with van der Waals surface area (Å²) >= 11 is 0. The van der Waals surface area contributed by atoms with Gasteiger partial charge in [0.05, 0.1) is 23.3 Å². The van der Waals surface area contributed by atoms with Crippen molar-refractivity contribution in [2.24, 2.45) is 0 Å². The third kappa shape index (κ3) is 2.53. The zero-order chi connectivity index (χ0) is 13.8. The predicted molar refractivity (Wildman–Crippen MR) is 78.0 cm³/mol. The minimum Gasteiger partial charge on any atom is -0.327 e. The molecule has 3 rings (SSSR count). The zero-order valence-electron chi connectivity index (χ0n) is 11.5. The van der Waals surface area contributed by atoms with Gasteiger partial charge in [-0.3, -0.25) is 0 Å². The standard InChI is InChI=1S/C15H17N5/c1-2-20-14-6-4-3-5-13(14)19-15(20)10-17-9-12-7-8-16-11-18-12/h3-8,11,17H,2,9-10H2,1H3.